The summed E-state index contributed by atoms with van der Waals surface area (Å²) in [7, 11) is 0. The van der Waals surface area contributed by atoms with Gasteiger partial charge in [-0.3, -0.25) is 14.4 Å². The first-order valence-corrected chi connectivity index (χ1v) is 6.04. The van der Waals surface area contributed by atoms with Crippen molar-refractivity contribution in [1.29, 1.82) is 0 Å². The van der Waals surface area contributed by atoms with E-state index < -0.39 is 42.3 Å². The van der Waals surface area contributed by atoms with Crippen LogP contribution in [-0.4, -0.2) is 46.3 Å². The van der Waals surface area contributed by atoms with Gasteiger partial charge < -0.3 is 19.7 Å². The van der Waals surface area contributed by atoms with E-state index in [1.807, 2.05) is 6.92 Å². The zero-order valence-electron chi connectivity index (χ0n) is 11.4. The third-order valence-corrected chi connectivity index (χ3v) is 2.29. The lowest BCUT2D eigenvalue weighted by atomic mass is 9.96. The number of hydrogen-bond acceptors (Lipinski definition) is 7. The van der Waals surface area contributed by atoms with Gasteiger partial charge in [-0.1, -0.05) is 13.3 Å². The average Bonchev–Trinajstić information content (AvgIpc) is 2.27. The van der Waals surface area contributed by atoms with Crippen molar-refractivity contribution in [2.75, 3.05) is 6.61 Å². The molecule has 0 bridgehead atoms. The summed E-state index contributed by atoms with van der Waals surface area (Å²) in [4.78, 5) is 44.1. The second kappa shape index (κ2) is 8.26. The number of esters is 3. The van der Waals surface area contributed by atoms with Crippen molar-refractivity contribution in [2.24, 2.45) is 0 Å². The molecule has 0 aliphatic heterocycles. The maximum absolute atomic E-state index is 11.4. The molecular formula is C12H18O8. The Balaban J connectivity index is 4.60. The molecule has 0 saturated carbocycles. The number of ether oxygens (including phenoxy) is 2. The molecule has 0 amide bonds. The van der Waals surface area contributed by atoms with E-state index in [-0.39, 0.29) is 6.61 Å². The third-order valence-electron chi connectivity index (χ3n) is 2.29. The van der Waals surface area contributed by atoms with Gasteiger partial charge in [0.15, 0.2) is 5.60 Å². The first-order valence-electron chi connectivity index (χ1n) is 6.04. The van der Waals surface area contributed by atoms with Crippen molar-refractivity contribution in [3.05, 3.63) is 0 Å². The number of unbranched alkanes of at least 4 members (excludes halogenated alkanes) is 1. The predicted octanol–water partition coefficient (Wildman–Crippen LogP) is 0.0153. The standard InChI is InChI=1S/C12H18O8/c1-3-4-5-19-9(14)6-12(18,11(16)17)7-10(15)20-8(2)13/h18H,3-7H2,1-2H3,(H,16,17). The highest BCUT2D eigenvalue weighted by Crippen LogP contribution is 2.18. The van der Waals surface area contributed by atoms with E-state index in [0.29, 0.717) is 6.42 Å². The molecule has 2 N–H and O–H groups in total. The van der Waals surface area contributed by atoms with Gasteiger partial charge in [-0.15, -0.1) is 0 Å². The highest BCUT2D eigenvalue weighted by atomic mass is 16.6. The summed E-state index contributed by atoms with van der Waals surface area (Å²) in [6.45, 7) is 2.93. The van der Waals surface area contributed by atoms with E-state index >= 15 is 0 Å². The molecule has 0 rings (SSSR count). The Bertz CT molecular complexity index is 389. The zero-order valence-corrected chi connectivity index (χ0v) is 11.4. The highest BCUT2D eigenvalue weighted by molar-refractivity contribution is 5.91. The Morgan fingerprint density at radius 2 is 1.65 bits per heavy atom. The fourth-order valence-corrected chi connectivity index (χ4v) is 1.27. The number of carboxylic acid groups (broad SMARTS) is 1. The summed E-state index contributed by atoms with van der Waals surface area (Å²) >= 11 is 0. The summed E-state index contributed by atoms with van der Waals surface area (Å²) in [6.07, 6.45) is -0.547. The number of rotatable bonds is 8. The number of carbonyl (C=O) groups excluding carboxylic acids is 3. The van der Waals surface area contributed by atoms with E-state index in [2.05, 4.69) is 4.74 Å². The monoisotopic (exact) mass is 290 g/mol. The predicted molar refractivity (Wildman–Crippen MR) is 64.5 cm³/mol. The molecular weight excluding hydrogens is 272 g/mol. The second-order valence-electron chi connectivity index (χ2n) is 4.23. The van der Waals surface area contributed by atoms with Crippen LogP contribution in [0.3, 0.4) is 0 Å². The van der Waals surface area contributed by atoms with Crippen LogP contribution in [0.1, 0.15) is 39.5 Å². The number of carbonyl (C=O) groups is 4. The molecule has 0 aromatic rings. The Kier molecular flexibility index (Phi) is 7.45. The zero-order chi connectivity index (χ0) is 15.8. The quantitative estimate of drug-likeness (QED) is 0.363. The van der Waals surface area contributed by atoms with Crippen molar-refractivity contribution in [1.82, 2.24) is 0 Å². The lowest BCUT2D eigenvalue weighted by Crippen LogP contribution is -2.43. The molecule has 20 heavy (non-hydrogen) atoms. The summed E-state index contributed by atoms with van der Waals surface area (Å²) in [6, 6.07) is 0. The number of carboxylic acids is 1. The van der Waals surface area contributed by atoms with Crippen LogP contribution in [0.15, 0.2) is 0 Å². The molecule has 0 saturated heterocycles. The molecule has 8 heteroatoms. The van der Waals surface area contributed by atoms with E-state index in [4.69, 9.17) is 9.84 Å². The van der Waals surface area contributed by atoms with Crippen LogP contribution < -0.4 is 0 Å². The Morgan fingerprint density at radius 1 is 1.10 bits per heavy atom. The van der Waals surface area contributed by atoms with Gasteiger partial charge in [0.05, 0.1) is 19.4 Å². The molecule has 0 spiro atoms. The molecule has 0 heterocycles. The van der Waals surface area contributed by atoms with Gasteiger partial charge in [0, 0.05) is 6.92 Å². The van der Waals surface area contributed by atoms with Crippen LogP contribution >= 0.6 is 0 Å². The Morgan fingerprint density at radius 3 is 2.10 bits per heavy atom. The summed E-state index contributed by atoms with van der Waals surface area (Å²) in [5, 5.41) is 18.7. The smallest absolute Gasteiger partial charge is 0.336 e. The maximum atomic E-state index is 11.4. The molecule has 0 aliphatic carbocycles. The summed E-state index contributed by atoms with van der Waals surface area (Å²) in [5.74, 6) is -4.89. The number of aliphatic carboxylic acids is 1. The Labute approximate surface area is 115 Å². The molecule has 0 fully saturated rings. The molecule has 1 unspecified atom stereocenters. The van der Waals surface area contributed by atoms with Crippen LogP contribution in [0.5, 0.6) is 0 Å². The van der Waals surface area contributed by atoms with Gasteiger partial charge in [-0.05, 0) is 6.42 Å². The van der Waals surface area contributed by atoms with E-state index in [1.54, 1.807) is 0 Å². The number of hydrogen-bond donors (Lipinski definition) is 2. The first-order chi connectivity index (χ1) is 9.21. The van der Waals surface area contributed by atoms with E-state index in [9.17, 15) is 24.3 Å². The van der Waals surface area contributed by atoms with Crippen molar-refractivity contribution in [3.63, 3.8) is 0 Å². The largest absolute Gasteiger partial charge is 0.479 e. The van der Waals surface area contributed by atoms with Crippen molar-refractivity contribution in [2.45, 2.75) is 45.1 Å². The van der Waals surface area contributed by atoms with Gasteiger partial charge in [0.25, 0.3) is 0 Å². The second-order valence-corrected chi connectivity index (χ2v) is 4.23. The first kappa shape index (κ1) is 18.0. The minimum absolute atomic E-state index is 0.100. The van der Waals surface area contributed by atoms with Gasteiger partial charge in [-0.2, -0.15) is 0 Å². The maximum Gasteiger partial charge on any atom is 0.336 e. The highest BCUT2D eigenvalue weighted by Gasteiger charge is 2.42. The lowest BCUT2D eigenvalue weighted by molar-refractivity contribution is -0.175. The van der Waals surface area contributed by atoms with E-state index in [0.717, 1.165) is 13.3 Å². The van der Waals surface area contributed by atoms with Crippen molar-refractivity contribution >= 4 is 23.9 Å². The van der Waals surface area contributed by atoms with Crippen molar-refractivity contribution < 1.29 is 38.9 Å². The van der Waals surface area contributed by atoms with Crippen LogP contribution in [0.4, 0.5) is 0 Å². The van der Waals surface area contributed by atoms with Gasteiger partial charge in [0.2, 0.25) is 0 Å². The molecule has 0 aromatic heterocycles. The molecule has 1 atom stereocenters. The SMILES string of the molecule is CCCCOC(=O)CC(O)(CC(=O)OC(C)=O)C(=O)O. The van der Waals surface area contributed by atoms with Crippen LogP contribution in [0.2, 0.25) is 0 Å². The molecule has 8 nitrogen and oxygen atoms in total. The van der Waals surface area contributed by atoms with Crippen LogP contribution in [-0.2, 0) is 28.7 Å². The molecule has 114 valence electrons. The van der Waals surface area contributed by atoms with Crippen LogP contribution in [0, 0.1) is 0 Å². The summed E-state index contributed by atoms with van der Waals surface area (Å²) in [5.41, 5.74) is -2.66. The average molecular weight is 290 g/mol. The topological polar surface area (TPSA) is 127 Å². The van der Waals surface area contributed by atoms with Crippen LogP contribution in [0.25, 0.3) is 0 Å². The fourth-order valence-electron chi connectivity index (χ4n) is 1.27. The van der Waals surface area contributed by atoms with Crippen molar-refractivity contribution in [3.8, 4) is 0 Å². The minimum Gasteiger partial charge on any atom is -0.479 e. The third kappa shape index (κ3) is 6.83. The normalized spacial score (nSPS) is 13.2. The van der Waals surface area contributed by atoms with Gasteiger partial charge in [0.1, 0.15) is 0 Å². The molecule has 0 aliphatic rings. The van der Waals surface area contributed by atoms with Gasteiger partial charge >= 0.3 is 23.9 Å². The minimum atomic E-state index is -2.66. The Hall–Kier alpha value is -1.96. The number of aliphatic hydroxyl groups is 1. The van der Waals surface area contributed by atoms with E-state index in [1.165, 1.54) is 0 Å². The molecule has 0 radical (unpaired) electrons. The van der Waals surface area contributed by atoms with Gasteiger partial charge in [-0.25, -0.2) is 4.79 Å². The fraction of sp³-hybridized carbons (Fsp3) is 0.667. The summed E-state index contributed by atoms with van der Waals surface area (Å²) < 4.78 is 8.83. The lowest BCUT2D eigenvalue weighted by Gasteiger charge is -2.20. The molecule has 0 aromatic carbocycles.